The normalized spacial score (nSPS) is 13.5. The predicted octanol–water partition coefficient (Wildman–Crippen LogP) is 7.00. The first-order valence-corrected chi connectivity index (χ1v) is 9.88. The molecule has 0 saturated heterocycles. The van der Waals surface area contributed by atoms with E-state index in [1.54, 1.807) is 6.08 Å². The van der Waals surface area contributed by atoms with Crippen LogP contribution in [-0.2, 0) is 21.7 Å². The summed E-state index contributed by atoms with van der Waals surface area (Å²) < 4.78 is 5.22. The van der Waals surface area contributed by atoms with Gasteiger partial charge in [-0.05, 0) is 37.0 Å². The van der Waals surface area contributed by atoms with E-state index in [4.69, 9.17) is 4.74 Å². The maximum absolute atomic E-state index is 5.22. The van der Waals surface area contributed by atoms with Gasteiger partial charge in [-0.2, -0.15) is 0 Å². The van der Waals surface area contributed by atoms with Gasteiger partial charge in [-0.25, -0.2) is 0 Å². The molecule has 0 amide bonds. The number of hydrogen-bond donors (Lipinski definition) is 0. The topological polar surface area (TPSA) is 12.4 Å². The van der Waals surface area contributed by atoms with E-state index in [-0.39, 0.29) is 21.7 Å². The zero-order chi connectivity index (χ0) is 16.6. The fourth-order valence-corrected chi connectivity index (χ4v) is 7.73. The third kappa shape index (κ3) is 6.99. The molecule has 0 aromatic rings. The molecular weight excluding hydrogens is 321 g/mol. The largest absolute Gasteiger partial charge is 0.271 e. The summed E-state index contributed by atoms with van der Waals surface area (Å²) in [5, 5.41) is 0. The molecule has 0 aromatic heterocycles. The van der Waals surface area contributed by atoms with Gasteiger partial charge >= 0.3 is 0 Å². The number of hydrogen-bond acceptors (Lipinski definition) is 1. The summed E-state index contributed by atoms with van der Waals surface area (Å²) in [6.45, 7) is 23.0. The average molecular weight is 355 g/mol. The van der Waals surface area contributed by atoms with E-state index in [9.17, 15) is 0 Å². The van der Waals surface area contributed by atoms with E-state index in [1.165, 1.54) is 5.70 Å². The third-order valence-electron chi connectivity index (χ3n) is 3.88. The standard InChI is InChI=1S/C14H26NP.C5H8.Ti/c1-11(2)16(12(3)4,13(5)6)15-14-9-7-8-10-14;1-4-5(2)3;/h7-9,11-13H,10H2,1-6H3;4H,1-2H2,3H3;. The van der Waals surface area contributed by atoms with Crippen molar-refractivity contribution in [2.75, 3.05) is 0 Å². The molecule has 1 aliphatic rings. The van der Waals surface area contributed by atoms with Crippen molar-refractivity contribution >= 4 is 7.05 Å². The second-order valence-corrected chi connectivity index (χ2v) is 11.4. The van der Waals surface area contributed by atoms with Crippen LogP contribution < -0.4 is 0 Å². The van der Waals surface area contributed by atoms with Crippen molar-refractivity contribution in [3.63, 3.8) is 0 Å². The van der Waals surface area contributed by atoms with Crippen LogP contribution in [0.15, 0.2) is 53.5 Å². The smallest absolute Gasteiger partial charge is 0.0425 e. The van der Waals surface area contributed by atoms with E-state index in [0.717, 1.165) is 12.0 Å². The Balaban J connectivity index is 0. The minimum Gasteiger partial charge on any atom is -0.271 e. The van der Waals surface area contributed by atoms with Gasteiger partial charge in [0.25, 0.3) is 0 Å². The quantitative estimate of drug-likeness (QED) is 0.286. The van der Waals surface area contributed by atoms with Gasteiger partial charge in [0.15, 0.2) is 0 Å². The van der Waals surface area contributed by atoms with Gasteiger partial charge in [0.1, 0.15) is 0 Å². The molecule has 0 aliphatic heterocycles. The Hall–Kier alpha value is -0.0957. The molecule has 0 radical (unpaired) electrons. The molecule has 0 bridgehead atoms. The third-order valence-corrected chi connectivity index (χ3v) is 9.45. The summed E-state index contributed by atoms with van der Waals surface area (Å²) in [4.78, 5) is 0. The number of nitrogens with zero attached hydrogens (tertiary/aromatic N) is 1. The Morgan fingerprint density at radius 3 is 1.77 bits per heavy atom. The zero-order valence-electron chi connectivity index (χ0n) is 15.6. The maximum Gasteiger partial charge on any atom is 0.0425 e. The van der Waals surface area contributed by atoms with Crippen molar-refractivity contribution in [1.29, 1.82) is 0 Å². The SMILES string of the molecule is C=CC(=C)C.CC(C)P(=NC1=CC=CC1)(C(C)C)C(C)C.[Ti]. The average Bonchev–Trinajstić information content (AvgIpc) is 2.87. The molecule has 3 heteroatoms. The first kappa shape index (κ1) is 24.2. The first-order valence-electron chi connectivity index (χ1n) is 7.93. The summed E-state index contributed by atoms with van der Waals surface area (Å²) in [5.41, 5.74) is 4.38. The molecule has 0 heterocycles. The van der Waals surface area contributed by atoms with Gasteiger partial charge in [-0.15, -0.1) is 0 Å². The van der Waals surface area contributed by atoms with Crippen LogP contribution in [0.2, 0.25) is 0 Å². The number of rotatable bonds is 5. The van der Waals surface area contributed by atoms with Crippen LogP contribution in [0.1, 0.15) is 54.9 Å². The Kier molecular flexibility index (Phi) is 12.6. The van der Waals surface area contributed by atoms with Crippen molar-refractivity contribution < 1.29 is 21.7 Å². The molecule has 22 heavy (non-hydrogen) atoms. The molecule has 1 nitrogen and oxygen atoms in total. The summed E-state index contributed by atoms with van der Waals surface area (Å²) >= 11 is 0. The fraction of sp³-hybridized carbons (Fsp3) is 0.579. The van der Waals surface area contributed by atoms with Crippen molar-refractivity contribution in [3.05, 3.63) is 48.7 Å². The summed E-state index contributed by atoms with van der Waals surface area (Å²) in [5.74, 6) is 0. The summed E-state index contributed by atoms with van der Waals surface area (Å²) in [6.07, 6.45) is 9.28. The van der Waals surface area contributed by atoms with E-state index in [0.29, 0.717) is 17.0 Å². The van der Waals surface area contributed by atoms with Gasteiger partial charge in [-0.3, -0.25) is 4.74 Å². The Bertz CT molecular complexity index is 439. The second-order valence-electron chi connectivity index (χ2n) is 6.52. The minimum absolute atomic E-state index is 0. The monoisotopic (exact) mass is 355 g/mol. The van der Waals surface area contributed by atoms with Gasteiger partial charge in [0, 0.05) is 33.8 Å². The Labute approximate surface area is 154 Å². The molecule has 124 valence electrons. The van der Waals surface area contributed by atoms with Crippen LogP contribution in [0.3, 0.4) is 0 Å². The van der Waals surface area contributed by atoms with Crippen LogP contribution in [0.25, 0.3) is 0 Å². The van der Waals surface area contributed by atoms with Crippen LogP contribution in [-0.4, -0.2) is 17.0 Å². The van der Waals surface area contributed by atoms with E-state index in [2.05, 4.69) is 72.9 Å². The van der Waals surface area contributed by atoms with Crippen molar-refractivity contribution in [2.45, 2.75) is 71.9 Å². The second kappa shape index (κ2) is 11.4. The molecule has 0 aromatic carbocycles. The molecule has 0 atom stereocenters. The van der Waals surface area contributed by atoms with Gasteiger partial charge in [-0.1, -0.05) is 78.5 Å². The molecule has 0 unspecified atom stereocenters. The molecule has 0 fully saturated rings. The zero-order valence-corrected chi connectivity index (χ0v) is 18.0. The molecule has 1 aliphatic carbocycles. The van der Waals surface area contributed by atoms with Crippen molar-refractivity contribution in [1.82, 2.24) is 0 Å². The van der Waals surface area contributed by atoms with Gasteiger partial charge in [0.2, 0.25) is 0 Å². The Morgan fingerprint density at radius 2 is 1.55 bits per heavy atom. The summed E-state index contributed by atoms with van der Waals surface area (Å²) in [6, 6.07) is 0. The summed E-state index contributed by atoms with van der Waals surface area (Å²) in [7, 11) is -1.24. The van der Waals surface area contributed by atoms with E-state index >= 15 is 0 Å². The van der Waals surface area contributed by atoms with Gasteiger partial charge in [0.05, 0.1) is 0 Å². The maximum atomic E-state index is 5.22. The van der Waals surface area contributed by atoms with Gasteiger partial charge < -0.3 is 0 Å². The predicted molar refractivity (Wildman–Crippen MR) is 102 cm³/mol. The van der Waals surface area contributed by atoms with Crippen LogP contribution in [0, 0.1) is 0 Å². The molecule has 0 saturated carbocycles. The minimum atomic E-state index is -1.24. The fourth-order valence-electron chi connectivity index (χ4n) is 2.87. The van der Waals surface area contributed by atoms with E-state index in [1.807, 2.05) is 6.92 Å². The van der Waals surface area contributed by atoms with Crippen LogP contribution >= 0.6 is 7.05 Å². The van der Waals surface area contributed by atoms with Crippen molar-refractivity contribution in [3.8, 4) is 0 Å². The van der Waals surface area contributed by atoms with Crippen LogP contribution in [0.4, 0.5) is 0 Å². The van der Waals surface area contributed by atoms with E-state index < -0.39 is 7.05 Å². The molecular formula is C19H34NPTi. The first-order chi connectivity index (χ1) is 9.68. The van der Waals surface area contributed by atoms with Crippen LogP contribution in [0.5, 0.6) is 0 Å². The Morgan fingerprint density at radius 1 is 1.14 bits per heavy atom. The molecule has 0 spiro atoms. The van der Waals surface area contributed by atoms with Crippen molar-refractivity contribution in [2.24, 2.45) is 4.74 Å². The molecule has 0 N–H and O–H groups in total. The molecule has 1 rings (SSSR count). The number of allylic oxidation sites excluding steroid dienone is 5.